The van der Waals surface area contributed by atoms with Crippen LogP contribution in [0.5, 0.6) is 0 Å². The molecule has 22 heavy (non-hydrogen) atoms. The van der Waals surface area contributed by atoms with Crippen molar-refractivity contribution in [3.05, 3.63) is 0 Å². The molecule has 0 saturated carbocycles. The average molecular weight is 440 g/mol. The van der Waals surface area contributed by atoms with Crippen molar-refractivity contribution < 1.29 is 9.59 Å². The summed E-state index contributed by atoms with van der Waals surface area (Å²) in [6, 6.07) is 0. The molecule has 0 amide bonds. The van der Waals surface area contributed by atoms with Crippen molar-refractivity contribution in [1.29, 1.82) is 0 Å². The van der Waals surface area contributed by atoms with Crippen molar-refractivity contribution in [2.24, 2.45) is 0 Å². The van der Waals surface area contributed by atoms with E-state index in [4.69, 9.17) is 0 Å². The van der Waals surface area contributed by atoms with Gasteiger partial charge in [0.15, 0.2) is 0 Å². The first-order valence-corrected chi connectivity index (χ1v) is 15.8. The van der Waals surface area contributed by atoms with Gasteiger partial charge >= 0.3 is 149 Å². The van der Waals surface area contributed by atoms with Gasteiger partial charge in [0, 0.05) is 0 Å². The Hall–Kier alpha value is 0.379. The monoisotopic (exact) mass is 442 g/mol. The molecule has 0 aromatic carbocycles. The molecule has 0 N–H and O–H groups in total. The van der Waals surface area contributed by atoms with Crippen LogP contribution in [0.15, 0.2) is 0 Å². The van der Waals surface area contributed by atoms with Crippen LogP contribution >= 0.6 is 0 Å². The first kappa shape index (κ1) is 22.4. The third kappa shape index (κ3) is 20.4. The summed E-state index contributed by atoms with van der Waals surface area (Å²) in [7, 11) is 0. The Morgan fingerprint density at radius 2 is 0.773 bits per heavy atom. The summed E-state index contributed by atoms with van der Waals surface area (Å²) >= 11 is 1.88. The van der Waals surface area contributed by atoms with E-state index in [1.54, 1.807) is 0 Å². The summed E-state index contributed by atoms with van der Waals surface area (Å²) in [4.78, 5) is 20.3. The number of hydrogen-bond acceptors (Lipinski definition) is 2. The molecule has 2 nitrogen and oxygen atoms in total. The SMILES string of the molecule is O=CCCCCCCCC[Se][Se]CCCCCCCCC=O. The Labute approximate surface area is 148 Å². The van der Waals surface area contributed by atoms with Gasteiger partial charge in [-0.3, -0.25) is 0 Å². The zero-order valence-corrected chi connectivity index (χ0v) is 17.5. The van der Waals surface area contributed by atoms with E-state index < -0.39 is 0 Å². The second-order valence-corrected chi connectivity index (χ2v) is 13.6. The van der Waals surface area contributed by atoms with Crippen molar-refractivity contribution in [1.82, 2.24) is 0 Å². The van der Waals surface area contributed by atoms with Gasteiger partial charge in [0.1, 0.15) is 0 Å². The van der Waals surface area contributed by atoms with E-state index in [0.29, 0.717) is 0 Å². The Balaban J connectivity index is 2.94. The number of aldehydes is 2. The van der Waals surface area contributed by atoms with E-state index in [0.717, 1.165) is 64.5 Å². The van der Waals surface area contributed by atoms with E-state index in [9.17, 15) is 9.59 Å². The van der Waals surface area contributed by atoms with E-state index in [1.807, 2.05) is 0 Å². The predicted molar refractivity (Wildman–Crippen MR) is 97.9 cm³/mol. The Bertz CT molecular complexity index is 211. The second-order valence-electron chi connectivity index (χ2n) is 5.80. The third-order valence-electron chi connectivity index (χ3n) is 3.68. The van der Waals surface area contributed by atoms with Crippen LogP contribution in [0.1, 0.15) is 89.9 Å². The summed E-state index contributed by atoms with van der Waals surface area (Å²) in [5.41, 5.74) is 0. The van der Waals surface area contributed by atoms with Crippen molar-refractivity contribution in [3.63, 3.8) is 0 Å². The van der Waals surface area contributed by atoms with E-state index in [1.165, 1.54) is 74.8 Å². The first-order chi connectivity index (χ1) is 10.9. The van der Waals surface area contributed by atoms with Crippen LogP contribution in [0.25, 0.3) is 0 Å². The van der Waals surface area contributed by atoms with Crippen molar-refractivity contribution in [3.8, 4) is 0 Å². The molecule has 0 fully saturated rings. The van der Waals surface area contributed by atoms with Crippen molar-refractivity contribution >= 4 is 38.8 Å². The van der Waals surface area contributed by atoms with Gasteiger partial charge in [0.05, 0.1) is 0 Å². The minimum atomic E-state index is 0.754. The predicted octanol–water partition coefficient (Wildman–Crippen LogP) is 5.01. The van der Waals surface area contributed by atoms with Crippen molar-refractivity contribution in [2.45, 2.75) is 101 Å². The van der Waals surface area contributed by atoms with Gasteiger partial charge in [-0.15, -0.1) is 0 Å². The van der Waals surface area contributed by atoms with E-state index >= 15 is 0 Å². The van der Waals surface area contributed by atoms with Gasteiger partial charge in [-0.25, -0.2) is 0 Å². The minimum absolute atomic E-state index is 0.754. The van der Waals surface area contributed by atoms with E-state index in [-0.39, 0.29) is 0 Å². The standard InChI is InChI=1S/C18H34O2Se2/c19-15-11-7-3-1-5-9-13-17-21-22-18-14-10-6-2-4-8-12-16-20/h15-16H,1-14,17-18H2. The molecule has 4 heteroatoms. The molecule has 0 atom stereocenters. The van der Waals surface area contributed by atoms with Gasteiger partial charge in [-0.1, -0.05) is 0 Å². The molecular formula is C18H34O2Se2. The summed E-state index contributed by atoms with van der Waals surface area (Å²) in [6.45, 7) is 0. The van der Waals surface area contributed by atoms with Crippen LogP contribution in [0.4, 0.5) is 0 Å². The van der Waals surface area contributed by atoms with E-state index in [2.05, 4.69) is 0 Å². The van der Waals surface area contributed by atoms with Gasteiger partial charge in [0.2, 0.25) is 0 Å². The molecule has 0 aliphatic rings. The fourth-order valence-electron chi connectivity index (χ4n) is 2.31. The van der Waals surface area contributed by atoms with Gasteiger partial charge in [-0.05, 0) is 0 Å². The average Bonchev–Trinajstić information content (AvgIpc) is 2.54. The molecule has 0 aromatic rings. The fraction of sp³-hybridized carbons (Fsp3) is 0.889. The van der Waals surface area contributed by atoms with Crippen LogP contribution in [0.3, 0.4) is 0 Å². The summed E-state index contributed by atoms with van der Waals surface area (Å²) < 4.78 is 0. The number of carbonyl (C=O) groups is 2. The summed E-state index contributed by atoms with van der Waals surface area (Å²) in [5.74, 6) is 0. The summed E-state index contributed by atoms with van der Waals surface area (Å²) in [6.07, 6.45) is 19.3. The second kappa shape index (κ2) is 21.4. The van der Waals surface area contributed by atoms with Crippen molar-refractivity contribution in [2.75, 3.05) is 0 Å². The molecule has 0 aliphatic heterocycles. The fourth-order valence-corrected chi connectivity index (χ4v) is 9.29. The normalized spacial score (nSPS) is 10.7. The Kier molecular flexibility index (Phi) is 21.7. The molecule has 0 rings (SSSR count). The number of carbonyl (C=O) groups excluding carboxylic acids is 2. The van der Waals surface area contributed by atoms with Crippen LogP contribution in [-0.2, 0) is 9.59 Å². The molecule has 0 bridgehead atoms. The zero-order valence-electron chi connectivity index (χ0n) is 14.1. The van der Waals surface area contributed by atoms with Gasteiger partial charge < -0.3 is 0 Å². The zero-order chi connectivity index (χ0) is 16.1. The Morgan fingerprint density at radius 3 is 1.14 bits per heavy atom. The molecule has 130 valence electrons. The molecule has 0 aliphatic carbocycles. The molecule has 0 unspecified atom stereocenters. The Morgan fingerprint density at radius 1 is 0.455 bits per heavy atom. The van der Waals surface area contributed by atoms with Gasteiger partial charge in [0.25, 0.3) is 0 Å². The molecule has 0 radical (unpaired) electrons. The summed E-state index contributed by atoms with van der Waals surface area (Å²) in [5, 5.41) is 2.99. The topological polar surface area (TPSA) is 34.1 Å². The first-order valence-electron chi connectivity index (χ1n) is 9.03. The molecular weight excluding hydrogens is 406 g/mol. The number of hydrogen-bond donors (Lipinski definition) is 0. The molecule has 0 heterocycles. The molecule has 0 aromatic heterocycles. The van der Waals surface area contributed by atoms with Gasteiger partial charge in [-0.2, -0.15) is 0 Å². The molecule has 0 saturated heterocycles. The van der Waals surface area contributed by atoms with Crippen LogP contribution < -0.4 is 0 Å². The molecule has 0 spiro atoms. The quantitative estimate of drug-likeness (QED) is 0.161. The number of unbranched alkanes of at least 4 members (excludes halogenated alkanes) is 12. The van der Waals surface area contributed by atoms with Crippen LogP contribution in [-0.4, -0.2) is 38.8 Å². The maximum absolute atomic E-state index is 10.2. The van der Waals surface area contributed by atoms with Crippen LogP contribution in [0.2, 0.25) is 10.6 Å². The third-order valence-corrected chi connectivity index (χ3v) is 11.4. The number of rotatable bonds is 19. The maximum atomic E-state index is 10.2. The van der Waals surface area contributed by atoms with Crippen LogP contribution in [0, 0.1) is 0 Å².